The minimum atomic E-state index is 1.00. The van der Waals surface area contributed by atoms with Crippen molar-refractivity contribution in [2.45, 2.75) is 58.8 Å². The minimum absolute atomic E-state index is 1.00. The van der Waals surface area contributed by atoms with E-state index in [-0.39, 0.29) is 0 Å². The van der Waals surface area contributed by atoms with Crippen molar-refractivity contribution >= 4 is 0 Å². The molecule has 0 aliphatic heterocycles. The fourth-order valence-electron chi connectivity index (χ4n) is 1.98. The third kappa shape index (κ3) is 6.47. The van der Waals surface area contributed by atoms with Gasteiger partial charge in [0.25, 0.3) is 0 Å². The predicted molar refractivity (Wildman–Crippen MR) is 80.8 cm³/mol. The Kier molecular flexibility index (Phi) is 8.01. The highest BCUT2D eigenvalue weighted by molar-refractivity contribution is 5.18. The van der Waals surface area contributed by atoms with Crippen LogP contribution in [0.1, 0.15) is 57.9 Å². The van der Waals surface area contributed by atoms with Crippen LogP contribution in [-0.2, 0) is 6.42 Å². The monoisotopic (exact) mass is 242 g/mol. The summed E-state index contributed by atoms with van der Waals surface area (Å²) in [6, 6.07) is 10.6. The summed E-state index contributed by atoms with van der Waals surface area (Å²) in [6.07, 6.45) is 10.8. The molecular weight excluding hydrogens is 216 g/mol. The van der Waals surface area contributed by atoms with Crippen LogP contribution in [-0.4, -0.2) is 0 Å². The van der Waals surface area contributed by atoms with E-state index in [1.165, 1.54) is 49.7 Å². The molecule has 0 radical (unpaired) electrons. The van der Waals surface area contributed by atoms with Gasteiger partial charge >= 0.3 is 0 Å². The molecule has 0 unspecified atom stereocenters. The van der Waals surface area contributed by atoms with Crippen molar-refractivity contribution < 1.29 is 0 Å². The van der Waals surface area contributed by atoms with Gasteiger partial charge in [0, 0.05) is 0 Å². The first-order valence-corrected chi connectivity index (χ1v) is 7.33. The van der Waals surface area contributed by atoms with E-state index >= 15 is 0 Å². The molecule has 0 bridgehead atoms. The SMILES string of the molecule is CCCCC(=C=CCc1ccccc1)CCCC. The van der Waals surface area contributed by atoms with Gasteiger partial charge in [0.05, 0.1) is 0 Å². The van der Waals surface area contributed by atoms with Crippen molar-refractivity contribution in [3.8, 4) is 0 Å². The average molecular weight is 242 g/mol. The maximum Gasteiger partial charge on any atom is -0.00213 e. The summed E-state index contributed by atoms with van der Waals surface area (Å²) in [6.45, 7) is 4.51. The molecule has 1 aromatic carbocycles. The lowest BCUT2D eigenvalue weighted by atomic mass is 10.0. The van der Waals surface area contributed by atoms with Gasteiger partial charge in [-0.3, -0.25) is 0 Å². The number of allylic oxidation sites excluding steroid dienone is 1. The van der Waals surface area contributed by atoms with Gasteiger partial charge in [0.15, 0.2) is 0 Å². The average Bonchev–Trinajstić information content (AvgIpc) is 2.42. The van der Waals surface area contributed by atoms with Crippen molar-refractivity contribution in [2.75, 3.05) is 0 Å². The zero-order valence-electron chi connectivity index (χ0n) is 11.9. The first-order valence-electron chi connectivity index (χ1n) is 7.33. The van der Waals surface area contributed by atoms with Crippen LogP contribution >= 0.6 is 0 Å². The number of hydrogen-bond donors (Lipinski definition) is 0. The fraction of sp³-hybridized carbons (Fsp3) is 0.500. The third-order valence-corrected chi connectivity index (χ3v) is 3.15. The van der Waals surface area contributed by atoms with E-state index in [9.17, 15) is 0 Å². The molecule has 18 heavy (non-hydrogen) atoms. The van der Waals surface area contributed by atoms with Crippen molar-refractivity contribution in [3.63, 3.8) is 0 Å². The van der Waals surface area contributed by atoms with Gasteiger partial charge in [0.2, 0.25) is 0 Å². The topological polar surface area (TPSA) is 0 Å². The number of benzene rings is 1. The lowest BCUT2D eigenvalue weighted by Crippen LogP contribution is -1.84. The van der Waals surface area contributed by atoms with Gasteiger partial charge in [0.1, 0.15) is 0 Å². The highest BCUT2D eigenvalue weighted by Crippen LogP contribution is 2.13. The Bertz CT molecular complexity index is 356. The van der Waals surface area contributed by atoms with Crippen LogP contribution < -0.4 is 0 Å². The second-order valence-electron chi connectivity index (χ2n) is 4.85. The summed E-state index contributed by atoms with van der Waals surface area (Å²) in [4.78, 5) is 0. The molecule has 1 aromatic rings. The first kappa shape index (κ1) is 14.8. The molecule has 0 saturated carbocycles. The quantitative estimate of drug-likeness (QED) is 0.514. The Balaban J connectivity index is 2.55. The molecule has 0 aliphatic rings. The predicted octanol–water partition coefficient (Wildman–Crippen LogP) is 5.69. The second kappa shape index (κ2) is 9.74. The molecule has 1 rings (SSSR count). The molecule has 0 amide bonds. The number of rotatable bonds is 8. The molecule has 0 saturated heterocycles. The van der Waals surface area contributed by atoms with Gasteiger partial charge in [-0.15, -0.1) is 5.73 Å². The zero-order chi connectivity index (χ0) is 13.1. The van der Waals surface area contributed by atoms with E-state index in [2.05, 4.69) is 56.0 Å². The molecule has 0 aliphatic carbocycles. The summed E-state index contributed by atoms with van der Waals surface area (Å²) in [5, 5.41) is 0. The van der Waals surface area contributed by atoms with Gasteiger partial charge in [-0.1, -0.05) is 57.0 Å². The van der Waals surface area contributed by atoms with Crippen LogP contribution in [0.3, 0.4) is 0 Å². The van der Waals surface area contributed by atoms with E-state index in [0.29, 0.717) is 0 Å². The molecule has 0 aromatic heterocycles. The van der Waals surface area contributed by atoms with Crippen LogP contribution in [0.4, 0.5) is 0 Å². The summed E-state index contributed by atoms with van der Waals surface area (Å²) < 4.78 is 0. The maximum atomic E-state index is 3.53. The Morgan fingerprint density at radius 2 is 1.61 bits per heavy atom. The Morgan fingerprint density at radius 1 is 1.00 bits per heavy atom. The molecular formula is C18H26. The number of hydrogen-bond acceptors (Lipinski definition) is 0. The highest BCUT2D eigenvalue weighted by atomic mass is 14.0. The molecule has 0 nitrogen and oxygen atoms in total. The smallest absolute Gasteiger partial charge is 0.00213 e. The largest absolute Gasteiger partial charge is 0.126 e. The van der Waals surface area contributed by atoms with Crippen molar-refractivity contribution in [3.05, 3.63) is 53.3 Å². The summed E-state index contributed by atoms with van der Waals surface area (Å²) in [5.41, 5.74) is 6.41. The summed E-state index contributed by atoms with van der Waals surface area (Å²) in [7, 11) is 0. The molecule has 0 heteroatoms. The van der Waals surface area contributed by atoms with Crippen LogP contribution in [0, 0.1) is 0 Å². The molecule has 0 atom stereocenters. The fourth-order valence-corrected chi connectivity index (χ4v) is 1.98. The van der Waals surface area contributed by atoms with E-state index in [1.54, 1.807) is 0 Å². The lowest BCUT2D eigenvalue weighted by Gasteiger charge is -2.02. The Morgan fingerprint density at radius 3 is 2.17 bits per heavy atom. The molecule has 98 valence electrons. The lowest BCUT2D eigenvalue weighted by molar-refractivity contribution is 0.714. The summed E-state index contributed by atoms with van der Waals surface area (Å²) >= 11 is 0. The molecule has 0 heterocycles. The first-order chi connectivity index (χ1) is 8.86. The van der Waals surface area contributed by atoms with Crippen molar-refractivity contribution in [1.82, 2.24) is 0 Å². The second-order valence-corrected chi connectivity index (χ2v) is 4.85. The van der Waals surface area contributed by atoms with E-state index in [1.807, 2.05) is 0 Å². The van der Waals surface area contributed by atoms with Crippen LogP contribution in [0.2, 0.25) is 0 Å². The van der Waals surface area contributed by atoms with E-state index < -0.39 is 0 Å². The maximum absolute atomic E-state index is 3.53. The molecule has 0 N–H and O–H groups in total. The standard InChI is InChI=1S/C18H26/c1-3-5-11-17(12-6-4-2)15-10-16-18-13-8-7-9-14-18/h7-10,13-14H,3-6,11-12,16H2,1-2H3. The Hall–Kier alpha value is -1.26. The van der Waals surface area contributed by atoms with Gasteiger partial charge in [-0.2, -0.15) is 0 Å². The third-order valence-electron chi connectivity index (χ3n) is 3.15. The van der Waals surface area contributed by atoms with Crippen LogP contribution in [0.25, 0.3) is 0 Å². The summed E-state index contributed by atoms with van der Waals surface area (Å²) in [5.74, 6) is 0. The number of unbranched alkanes of at least 4 members (excludes halogenated alkanes) is 2. The van der Waals surface area contributed by atoms with Gasteiger partial charge in [-0.25, -0.2) is 0 Å². The Labute approximate surface area is 112 Å². The van der Waals surface area contributed by atoms with E-state index in [4.69, 9.17) is 0 Å². The zero-order valence-corrected chi connectivity index (χ0v) is 11.9. The molecule has 0 fully saturated rings. The normalized spacial score (nSPS) is 9.89. The highest BCUT2D eigenvalue weighted by Gasteiger charge is 1.95. The van der Waals surface area contributed by atoms with Gasteiger partial charge < -0.3 is 0 Å². The minimum Gasteiger partial charge on any atom is -0.126 e. The van der Waals surface area contributed by atoms with E-state index in [0.717, 1.165) is 6.42 Å². The van der Waals surface area contributed by atoms with Crippen LogP contribution in [0.15, 0.2) is 47.7 Å². The van der Waals surface area contributed by atoms with Crippen molar-refractivity contribution in [1.29, 1.82) is 0 Å². The van der Waals surface area contributed by atoms with Crippen molar-refractivity contribution in [2.24, 2.45) is 0 Å². The molecule has 0 spiro atoms. The van der Waals surface area contributed by atoms with Crippen LogP contribution in [0.5, 0.6) is 0 Å². The van der Waals surface area contributed by atoms with Gasteiger partial charge in [-0.05, 0) is 49.3 Å².